The number of rotatable bonds is 20. The molecule has 18 heteroatoms. The number of aromatic nitrogens is 3. The maximum Gasteiger partial charge on any atom is 0.416 e. The molecule has 2 aromatic heterocycles. The van der Waals surface area contributed by atoms with Gasteiger partial charge in [-0.15, -0.1) is 0 Å². The van der Waals surface area contributed by atoms with Crippen molar-refractivity contribution >= 4 is 40.1 Å². The molecule has 2 atom stereocenters. The summed E-state index contributed by atoms with van der Waals surface area (Å²) in [7, 11) is 0. The van der Waals surface area contributed by atoms with Crippen molar-refractivity contribution in [3.05, 3.63) is 106 Å². The molecule has 370 valence electrons. The predicted octanol–water partition coefficient (Wildman–Crippen LogP) is 8.48. The van der Waals surface area contributed by atoms with E-state index >= 15 is 0 Å². The van der Waals surface area contributed by atoms with E-state index in [1.54, 1.807) is 48.8 Å². The number of para-hydroxylation sites is 1. The monoisotopic (exact) mass is 963 g/mol. The van der Waals surface area contributed by atoms with Crippen molar-refractivity contribution in [2.45, 2.75) is 115 Å². The minimum Gasteiger partial charge on any atom is -0.374 e. The first-order chi connectivity index (χ1) is 33.9. The zero-order chi connectivity index (χ0) is 49.0. The number of aliphatic hydroxyl groups is 1. The maximum atomic E-state index is 14.4. The van der Waals surface area contributed by atoms with Gasteiger partial charge in [-0.2, -0.15) is 18.3 Å². The molecule has 3 aliphatic heterocycles. The van der Waals surface area contributed by atoms with Crippen molar-refractivity contribution in [1.82, 2.24) is 35.5 Å². The Labute approximate surface area is 405 Å². The van der Waals surface area contributed by atoms with Crippen LogP contribution in [0.15, 0.2) is 73.1 Å². The molecule has 70 heavy (non-hydrogen) atoms. The number of piperidine rings is 1. The molecule has 2 fully saturated rings. The summed E-state index contributed by atoms with van der Waals surface area (Å²) >= 11 is 0. The number of H-pyrrole nitrogens is 1. The Morgan fingerprint density at radius 3 is 2.39 bits per heavy atom. The van der Waals surface area contributed by atoms with E-state index in [1.165, 1.54) is 37.8 Å². The second-order valence-corrected chi connectivity index (χ2v) is 18.3. The number of nitrogens with one attached hydrogen (secondary N) is 4. The zero-order valence-corrected chi connectivity index (χ0v) is 39.4. The van der Waals surface area contributed by atoms with Gasteiger partial charge in [0.2, 0.25) is 11.7 Å². The second kappa shape index (κ2) is 23.4. The number of piperazine rings is 1. The number of imide groups is 1. The number of aromatic amines is 1. The third-order valence-electron chi connectivity index (χ3n) is 13.0. The van der Waals surface area contributed by atoms with Crippen molar-refractivity contribution in [2.75, 3.05) is 43.4 Å². The summed E-state index contributed by atoms with van der Waals surface area (Å²) < 4.78 is 43.2. The van der Waals surface area contributed by atoms with Crippen LogP contribution in [0.2, 0.25) is 0 Å². The molecule has 3 amide bonds. The molecule has 3 aliphatic rings. The van der Waals surface area contributed by atoms with E-state index < -0.39 is 35.8 Å². The Balaban J connectivity index is 0.674. The van der Waals surface area contributed by atoms with Gasteiger partial charge in [-0.3, -0.25) is 29.7 Å². The van der Waals surface area contributed by atoms with Gasteiger partial charge in [0, 0.05) is 78.3 Å². The van der Waals surface area contributed by atoms with Gasteiger partial charge in [0.05, 0.1) is 17.4 Å². The summed E-state index contributed by atoms with van der Waals surface area (Å²) in [5, 5.41) is 27.4. The SMILES string of the molecule is Cc1ccc(C(=O)Nc2ccc(CN3CCN(CCCCCCCCCCCCC(O)Nc4cccc5c4ON(C4CCC(=O)NC4=O)O5)CC3)c(C(F)(F)F)c2)cc1C#Cc1cnc2[nH]ncc2c1. The predicted molar refractivity (Wildman–Crippen MR) is 258 cm³/mol. The van der Waals surface area contributed by atoms with Crippen LogP contribution in [0.25, 0.3) is 11.0 Å². The van der Waals surface area contributed by atoms with Gasteiger partial charge in [-0.25, -0.2) is 4.98 Å². The number of nitrogens with zero attached hydrogens (tertiary/aromatic N) is 5. The molecular formula is C52H60F3N9O6. The van der Waals surface area contributed by atoms with Gasteiger partial charge in [-0.1, -0.05) is 81.4 Å². The third-order valence-corrected chi connectivity index (χ3v) is 13.0. The highest BCUT2D eigenvalue weighted by Gasteiger charge is 2.40. The summed E-state index contributed by atoms with van der Waals surface area (Å²) in [5.74, 6) is 5.65. The molecule has 5 aromatic rings. The number of anilines is 2. The highest BCUT2D eigenvalue weighted by Crippen LogP contribution is 2.42. The lowest BCUT2D eigenvalue weighted by molar-refractivity contribution is -0.252. The molecule has 0 aliphatic carbocycles. The van der Waals surface area contributed by atoms with Crippen LogP contribution in [0.4, 0.5) is 24.5 Å². The number of carbonyl (C=O) groups excluding carboxylic acids is 3. The number of hydrogen-bond acceptors (Lipinski definition) is 12. The number of alkyl halides is 3. The number of fused-ring (bicyclic) bond motifs is 2. The van der Waals surface area contributed by atoms with Crippen molar-refractivity contribution < 1.29 is 42.3 Å². The van der Waals surface area contributed by atoms with E-state index in [4.69, 9.17) is 9.68 Å². The van der Waals surface area contributed by atoms with Gasteiger partial charge in [0.25, 0.3) is 11.8 Å². The van der Waals surface area contributed by atoms with Gasteiger partial charge in [0.15, 0.2) is 17.4 Å². The van der Waals surface area contributed by atoms with Gasteiger partial charge < -0.3 is 30.3 Å². The number of hydroxylamine groups is 2. The molecule has 5 N–H and O–H groups in total. The van der Waals surface area contributed by atoms with Crippen LogP contribution in [-0.4, -0.2) is 98.0 Å². The summed E-state index contributed by atoms with van der Waals surface area (Å²) in [6.07, 6.45) is 10.2. The van der Waals surface area contributed by atoms with Crippen molar-refractivity contribution in [2.24, 2.45) is 0 Å². The minimum absolute atomic E-state index is 0.0709. The molecule has 15 nitrogen and oxygen atoms in total. The fourth-order valence-electron chi connectivity index (χ4n) is 8.96. The molecule has 0 saturated carbocycles. The fourth-order valence-corrected chi connectivity index (χ4v) is 8.96. The van der Waals surface area contributed by atoms with E-state index in [2.05, 4.69) is 52.8 Å². The van der Waals surface area contributed by atoms with Gasteiger partial charge >= 0.3 is 6.18 Å². The topological polar surface area (TPSA) is 177 Å². The van der Waals surface area contributed by atoms with Gasteiger partial charge in [0.1, 0.15) is 6.23 Å². The van der Waals surface area contributed by atoms with E-state index in [0.717, 1.165) is 80.4 Å². The van der Waals surface area contributed by atoms with Crippen molar-refractivity contribution in [3.8, 4) is 23.3 Å². The van der Waals surface area contributed by atoms with Crippen LogP contribution in [0.5, 0.6) is 11.5 Å². The van der Waals surface area contributed by atoms with Crippen molar-refractivity contribution in [3.63, 3.8) is 0 Å². The van der Waals surface area contributed by atoms with Crippen LogP contribution < -0.4 is 25.6 Å². The maximum absolute atomic E-state index is 14.4. The normalized spacial score (nSPS) is 17.0. The highest BCUT2D eigenvalue weighted by atomic mass is 19.4. The number of benzene rings is 3. The minimum atomic E-state index is -4.59. The Kier molecular flexibility index (Phi) is 16.7. The quantitative estimate of drug-likeness (QED) is 0.0218. The fraction of sp³-hybridized carbons (Fsp3) is 0.442. The summed E-state index contributed by atoms with van der Waals surface area (Å²) in [5.41, 5.74) is 3.15. The Morgan fingerprint density at radius 2 is 1.63 bits per heavy atom. The molecule has 8 rings (SSSR count). The number of hydrogen-bond donors (Lipinski definition) is 5. The first-order valence-corrected chi connectivity index (χ1v) is 24.3. The van der Waals surface area contributed by atoms with E-state index in [9.17, 15) is 32.7 Å². The average Bonchev–Trinajstić information content (AvgIpc) is 4.00. The number of aliphatic hydroxyl groups excluding tert-OH is 1. The molecule has 2 unspecified atom stereocenters. The lowest BCUT2D eigenvalue weighted by atomic mass is 10.0. The lowest BCUT2D eigenvalue weighted by Gasteiger charge is -2.35. The number of pyridine rings is 1. The number of halogens is 3. The van der Waals surface area contributed by atoms with Crippen LogP contribution in [-0.2, 0) is 22.3 Å². The van der Waals surface area contributed by atoms with E-state index in [0.29, 0.717) is 53.5 Å². The molecule has 0 radical (unpaired) electrons. The third kappa shape index (κ3) is 13.4. The average molecular weight is 964 g/mol. The van der Waals surface area contributed by atoms with Gasteiger partial charge in [-0.05, 0) is 92.7 Å². The Bertz CT molecular complexity index is 2690. The standard InChI is InChI=1S/C52H60F3N9O6/c1-35-16-18-38(30-37(35)19-17-36-29-40-33-57-61-49(40)56-32-36)50(67)58-41-21-20-39(42(31-41)52(53,54)55)34-63-27-25-62(26-28-63)24-11-9-7-5-3-2-4-6-8-10-15-46(65)59-43-13-12-14-45-48(43)70-64(69-45)44-22-23-47(66)60-51(44)68/h12-14,16,18,20-21,29-33,44,46,59,65H,2-11,15,22-28,34H2,1H3,(H,58,67)(H,56,57,61)(H,60,66,68). The Hall–Kier alpha value is -6.52. The number of aryl methyl sites for hydroxylation is 1. The number of unbranched alkanes of at least 4 members (excludes halogenated alkanes) is 9. The lowest BCUT2D eigenvalue weighted by Crippen LogP contribution is -2.53. The molecule has 5 heterocycles. The summed E-state index contributed by atoms with van der Waals surface area (Å²) in [6.45, 7) is 6.03. The van der Waals surface area contributed by atoms with Crippen LogP contribution in [0.1, 0.15) is 122 Å². The van der Waals surface area contributed by atoms with E-state index in [-0.39, 0.29) is 42.1 Å². The molecular weight excluding hydrogens is 904 g/mol. The largest absolute Gasteiger partial charge is 0.416 e. The number of amides is 3. The van der Waals surface area contributed by atoms with E-state index in [1.807, 2.05) is 13.0 Å². The summed E-state index contributed by atoms with van der Waals surface area (Å²) in [6, 6.07) is 15.4. The zero-order valence-electron chi connectivity index (χ0n) is 39.4. The molecule has 0 spiro atoms. The first kappa shape index (κ1) is 49.9. The van der Waals surface area contributed by atoms with Crippen LogP contribution in [0, 0.1) is 18.8 Å². The molecule has 3 aromatic carbocycles. The van der Waals surface area contributed by atoms with Crippen LogP contribution >= 0.6 is 0 Å². The van der Waals surface area contributed by atoms with Crippen molar-refractivity contribution in [1.29, 1.82) is 0 Å². The number of carbonyl (C=O) groups is 3. The van der Waals surface area contributed by atoms with Crippen LogP contribution in [0.3, 0.4) is 0 Å². The second-order valence-electron chi connectivity index (χ2n) is 18.3. The molecule has 2 saturated heterocycles. The molecule has 0 bridgehead atoms. The summed E-state index contributed by atoms with van der Waals surface area (Å²) in [4.78, 5) is 57.4. The highest BCUT2D eigenvalue weighted by molar-refractivity contribution is 6.04. The smallest absolute Gasteiger partial charge is 0.374 e. The first-order valence-electron chi connectivity index (χ1n) is 24.3. The Morgan fingerprint density at radius 1 is 0.886 bits per heavy atom.